The first kappa shape index (κ1) is 10.6. The molecule has 1 aromatic heterocycles. The van der Waals surface area contributed by atoms with Crippen LogP contribution >= 0.6 is 0 Å². The Kier molecular flexibility index (Phi) is 2.96. The van der Waals surface area contributed by atoms with E-state index in [0.29, 0.717) is 6.04 Å². The summed E-state index contributed by atoms with van der Waals surface area (Å²) in [5.41, 5.74) is 2.29. The van der Waals surface area contributed by atoms with Crippen molar-refractivity contribution in [2.24, 2.45) is 0 Å². The highest BCUT2D eigenvalue weighted by atomic mass is 15.1. The summed E-state index contributed by atoms with van der Waals surface area (Å²) in [7, 11) is 0. The SMILES string of the molecule is c1cc(NC2CCCNCC2)c2[nH]ncc2c1. The van der Waals surface area contributed by atoms with Crippen LogP contribution in [-0.2, 0) is 0 Å². The maximum Gasteiger partial charge on any atom is 0.0881 e. The van der Waals surface area contributed by atoms with Crippen molar-refractivity contribution in [2.45, 2.75) is 25.3 Å². The van der Waals surface area contributed by atoms with Crippen molar-refractivity contribution in [3.8, 4) is 0 Å². The van der Waals surface area contributed by atoms with Crippen LogP contribution in [-0.4, -0.2) is 29.3 Å². The van der Waals surface area contributed by atoms with E-state index in [0.717, 1.165) is 18.6 Å². The van der Waals surface area contributed by atoms with Crippen LogP contribution in [0.2, 0.25) is 0 Å². The Balaban J connectivity index is 1.81. The number of nitrogens with zero attached hydrogens (tertiary/aromatic N) is 1. The Morgan fingerprint density at radius 3 is 3.24 bits per heavy atom. The van der Waals surface area contributed by atoms with E-state index in [1.165, 1.54) is 30.3 Å². The number of aromatic nitrogens is 2. The highest BCUT2D eigenvalue weighted by molar-refractivity contribution is 5.89. The van der Waals surface area contributed by atoms with Gasteiger partial charge in [-0.15, -0.1) is 0 Å². The van der Waals surface area contributed by atoms with Gasteiger partial charge in [0, 0.05) is 11.4 Å². The average molecular weight is 230 g/mol. The predicted molar refractivity (Wildman–Crippen MR) is 70.2 cm³/mol. The average Bonchev–Trinajstić information content (AvgIpc) is 2.69. The van der Waals surface area contributed by atoms with E-state index in [2.05, 4.69) is 39.0 Å². The lowest BCUT2D eigenvalue weighted by molar-refractivity contribution is 0.638. The Morgan fingerprint density at radius 1 is 1.24 bits per heavy atom. The lowest BCUT2D eigenvalue weighted by Gasteiger charge is -2.17. The molecule has 4 nitrogen and oxygen atoms in total. The summed E-state index contributed by atoms with van der Waals surface area (Å²) in [5, 5.41) is 15.4. The molecule has 1 unspecified atom stereocenters. The number of hydrogen-bond donors (Lipinski definition) is 3. The molecule has 1 aromatic carbocycles. The zero-order valence-electron chi connectivity index (χ0n) is 9.87. The van der Waals surface area contributed by atoms with Gasteiger partial charge in [0.25, 0.3) is 0 Å². The summed E-state index contributed by atoms with van der Waals surface area (Å²) in [5.74, 6) is 0. The van der Waals surface area contributed by atoms with Gasteiger partial charge >= 0.3 is 0 Å². The van der Waals surface area contributed by atoms with Crippen molar-refractivity contribution in [2.75, 3.05) is 18.4 Å². The van der Waals surface area contributed by atoms with Crippen LogP contribution in [0.3, 0.4) is 0 Å². The van der Waals surface area contributed by atoms with Gasteiger partial charge in [0.1, 0.15) is 0 Å². The summed E-state index contributed by atoms with van der Waals surface area (Å²) in [6, 6.07) is 6.85. The number of para-hydroxylation sites is 1. The number of aromatic amines is 1. The Bertz CT molecular complexity index is 483. The monoisotopic (exact) mass is 230 g/mol. The van der Waals surface area contributed by atoms with E-state index in [4.69, 9.17) is 0 Å². The molecule has 0 radical (unpaired) electrons. The fourth-order valence-corrected chi connectivity index (χ4v) is 2.47. The van der Waals surface area contributed by atoms with Gasteiger partial charge in [0.15, 0.2) is 0 Å². The molecule has 3 rings (SSSR count). The first-order valence-corrected chi connectivity index (χ1v) is 6.33. The first-order valence-electron chi connectivity index (χ1n) is 6.33. The zero-order chi connectivity index (χ0) is 11.5. The maximum atomic E-state index is 4.10. The van der Waals surface area contributed by atoms with Gasteiger partial charge in [-0.1, -0.05) is 12.1 Å². The van der Waals surface area contributed by atoms with Gasteiger partial charge in [-0.25, -0.2) is 0 Å². The first-order chi connectivity index (χ1) is 8.43. The van der Waals surface area contributed by atoms with Gasteiger partial charge in [0.05, 0.1) is 17.4 Å². The van der Waals surface area contributed by atoms with Crippen LogP contribution in [0.1, 0.15) is 19.3 Å². The van der Waals surface area contributed by atoms with E-state index < -0.39 is 0 Å². The Morgan fingerprint density at radius 2 is 2.24 bits per heavy atom. The molecule has 17 heavy (non-hydrogen) atoms. The minimum atomic E-state index is 0.568. The van der Waals surface area contributed by atoms with Crippen molar-refractivity contribution in [1.29, 1.82) is 0 Å². The summed E-state index contributed by atoms with van der Waals surface area (Å²) < 4.78 is 0. The smallest absolute Gasteiger partial charge is 0.0881 e. The van der Waals surface area contributed by atoms with Gasteiger partial charge in [-0.05, 0) is 38.4 Å². The molecule has 0 spiro atoms. The number of benzene rings is 1. The number of rotatable bonds is 2. The zero-order valence-corrected chi connectivity index (χ0v) is 9.87. The highest BCUT2D eigenvalue weighted by Gasteiger charge is 2.12. The quantitative estimate of drug-likeness (QED) is 0.740. The van der Waals surface area contributed by atoms with Crippen LogP contribution in [0, 0.1) is 0 Å². The van der Waals surface area contributed by atoms with Gasteiger partial charge in [-0.3, -0.25) is 5.10 Å². The molecular formula is C13H18N4. The minimum Gasteiger partial charge on any atom is -0.381 e. The standard InChI is InChI=1S/C13H18N4/c1-3-10-9-15-17-13(10)12(5-1)16-11-4-2-7-14-8-6-11/h1,3,5,9,11,14,16H,2,4,6-8H2,(H,15,17). The maximum absolute atomic E-state index is 4.10. The molecule has 2 aromatic rings. The molecule has 0 aliphatic carbocycles. The molecular weight excluding hydrogens is 212 g/mol. The summed E-state index contributed by atoms with van der Waals surface area (Å²) in [4.78, 5) is 0. The molecule has 0 saturated carbocycles. The lowest BCUT2D eigenvalue weighted by atomic mass is 10.1. The second-order valence-corrected chi connectivity index (χ2v) is 4.66. The third-order valence-corrected chi connectivity index (χ3v) is 3.41. The molecule has 2 heterocycles. The van der Waals surface area contributed by atoms with Crippen LogP contribution in [0.25, 0.3) is 10.9 Å². The molecule has 1 saturated heterocycles. The van der Waals surface area contributed by atoms with Crippen molar-refractivity contribution < 1.29 is 0 Å². The summed E-state index contributed by atoms with van der Waals surface area (Å²) in [6.07, 6.45) is 5.54. The van der Waals surface area contributed by atoms with E-state index in [-0.39, 0.29) is 0 Å². The van der Waals surface area contributed by atoms with Gasteiger partial charge in [0.2, 0.25) is 0 Å². The number of anilines is 1. The molecule has 1 fully saturated rings. The third-order valence-electron chi connectivity index (χ3n) is 3.41. The normalized spacial score (nSPS) is 21.3. The highest BCUT2D eigenvalue weighted by Crippen LogP contribution is 2.22. The Labute approximate surface area is 101 Å². The van der Waals surface area contributed by atoms with Crippen molar-refractivity contribution in [3.05, 3.63) is 24.4 Å². The second kappa shape index (κ2) is 4.75. The molecule has 0 bridgehead atoms. The van der Waals surface area contributed by atoms with E-state index in [1.807, 2.05) is 6.20 Å². The second-order valence-electron chi connectivity index (χ2n) is 4.66. The van der Waals surface area contributed by atoms with E-state index in [9.17, 15) is 0 Å². The molecule has 0 amide bonds. The molecule has 4 heteroatoms. The minimum absolute atomic E-state index is 0.568. The van der Waals surface area contributed by atoms with Crippen LogP contribution in [0.15, 0.2) is 24.4 Å². The number of fused-ring (bicyclic) bond motifs is 1. The van der Waals surface area contributed by atoms with Crippen LogP contribution in [0.5, 0.6) is 0 Å². The largest absolute Gasteiger partial charge is 0.381 e. The van der Waals surface area contributed by atoms with Crippen LogP contribution < -0.4 is 10.6 Å². The molecule has 1 atom stereocenters. The lowest BCUT2D eigenvalue weighted by Crippen LogP contribution is -2.21. The fourth-order valence-electron chi connectivity index (χ4n) is 2.47. The van der Waals surface area contributed by atoms with Crippen molar-refractivity contribution >= 4 is 16.6 Å². The van der Waals surface area contributed by atoms with Crippen molar-refractivity contribution in [1.82, 2.24) is 15.5 Å². The fraction of sp³-hybridized carbons (Fsp3) is 0.462. The predicted octanol–water partition coefficient (Wildman–Crippen LogP) is 2.12. The number of nitrogens with one attached hydrogen (secondary N) is 3. The van der Waals surface area contributed by atoms with Gasteiger partial charge < -0.3 is 10.6 Å². The molecule has 1 aliphatic heterocycles. The van der Waals surface area contributed by atoms with Crippen molar-refractivity contribution in [3.63, 3.8) is 0 Å². The molecule has 3 N–H and O–H groups in total. The van der Waals surface area contributed by atoms with Gasteiger partial charge in [-0.2, -0.15) is 5.10 Å². The summed E-state index contributed by atoms with van der Waals surface area (Å²) >= 11 is 0. The topological polar surface area (TPSA) is 52.7 Å². The number of H-pyrrole nitrogens is 1. The Hall–Kier alpha value is -1.55. The van der Waals surface area contributed by atoms with E-state index >= 15 is 0 Å². The number of hydrogen-bond acceptors (Lipinski definition) is 3. The summed E-state index contributed by atoms with van der Waals surface area (Å²) in [6.45, 7) is 2.25. The third kappa shape index (κ3) is 2.26. The molecule has 1 aliphatic rings. The van der Waals surface area contributed by atoms with Crippen LogP contribution in [0.4, 0.5) is 5.69 Å². The van der Waals surface area contributed by atoms with E-state index in [1.54, 1.807) is 0 Å². The molecule has 90 valence electrons.